The van der Waals surface area contributed by atoms with Gasteiger partial charge in [-0.25, -0.2) is 0 Å². The molecule has 2 aromatic carbocycles. The lowest BCUT2D eigenvalue weighted by Crippen LogP contribution is -2.49. The molecule has 2 heterocycles. The van der Waals surface area contributed by atoms with E-state index in [0.29, 0.717) is 43.5 Å². The first-order valence-corrected chi connectivity index (χ1v) is 12.1. The van der Waals surface area contributed by atoms with Crippen molar-refractivity contribution >= 4 is 16.8 Å². The Bertz CT molecular complexity index is 1170. The number of hydrogen-bond acceptors (Lipinski definition) is 7. The number of amides is 1. The molecule has 3 aromatic rings. The summed E-state index contributed by atoms with van der Waals surface area (Å²) >= 11 is 0. The van der Waals surface area contributed by atoms with Gasteiger partial charge in [-0.1, -0.05) is 12.1 Å². The number of carbonyl (C=O) groups is 1. The van der Waals surface area contributed by atoms with Crippen LogP contribution >= 0.6 is 0 Å². The lowest BCUT2D eigenvalue weighted by atomic mass is 10.1. The van der Waals surface area contributed by atoms with Crippen LogP contribution in [-0.4, -0.2) is 88.1 Å². The van der Waals surface area contributed by atoms with E-state index in [9.17, 15) is 4.79 Å². The monoisotopic (exact) mass is 497 g/mol. The Morgan fingerprint density at radius 2 is 1.64 bits per heavy atom. The van der Waals surface area contributed by atoms with E-state index >= 15 is 0 Å². The number of piperazine rings is 1. The van der Waals surface area contributed by atoms with Crippen molar-refractivity contribution in [1.29, 1.82) is 0 Å². The summed E-state index contributed by atoms with van der Waals surface area (Å²) in [5, 5.41) is 0.995. The van der Waals surface area contributed by atoms with Crippen LogP contribution in [0, 0.1) is 0 Å². The molecule has 1 saturated heterocycles. The van der Waals surface area contributed by atoms with Gasteiger partial charge in [-0.15, -0.1) is 0 Å². The van der Waals surface area contributed by atoms with Crippen LogP contribution in [-0.2, 0) is 22.6 Å². The molecule has 0 spiro atoms. The predicted molar refractivity (Wildman–Crippen MR) is 137 cm³/mol. The topological polar surface area (TPSA) is 74.6 Å². The molecule has 0 radical (unpaired) electrons. The van der Waals surface area contributed by atoms with Gasteiger partial charge < -0.3 is 33.2 Å². The van der Waals surface area contributed by atoms with E-state index in [1.807, 2.05) is 47.5 Å². The SMILES string of the molecule is COCCn1ccc2c(OCC(=O)N3CCN(Cc4ccc(OC)c(OC)c4OC)CC3)cccc21. The van der Waals surface area contributed by atoms with Gasteiger partial charge in [0.25, 0.3) is 5.91 Å². The summed E-state index contributed by atoms with van der Waals surface area (Å²) in [5.41, 5.74) is 2.08. The smallest absolute Gasteiger partial charge is 0.260 e. The second kappa shape index (κ2) is 12.0. The van der Waals surface area contributed by atoms with Crippen LogP contribution < -0.4 is 18.9 Å². The molecule has 194 valence electrons. The van der Waals surface area contributed by atoms with Crippen molar-refractivity contribution in [2.24, 2.45) is 0 Å². The molecular weight excluding hydrogens is 462 g/mol. The van der Waals surface area contributed by atoms with Crippen LogP contribution in [0.5, 0.6) is 23.0 Å². The molecule has 9 nitrogen and oxygen atoms in total. The van der Waals surface area contributed by atoms with E-state index < -0.39 is 0 Å². The number of carbonyl (C=O) groups excluding carboxylic acids is 1. The second-order valence-electron chi connectivity index (χ2n) is 8.63. The first-order valence-electron chi connectivity index (χ1n) is 12.1. The minimum absolute atomic E-state index is 0.00540. The molecule has 0 saturated carbocycles. The number of rotatable bonds is 11. The largest absolute Gasteiger partial charge is 0.493 e. The van der Waals surface area contributed by atoms with Gasteiger partial charge in [0, 0.05) is 63.5 Å². The Balaban J connectivity index is 1.32. The fourth-order valence-electron chi connectivity index (χ4n) is 4.62. The van der Waals surface area contributed by atoms with Crippen molar-refractivity contribution in [3.63, 3.8) is 0 Å². The number of nitrogens with zero attached hydrogens (tertiary/aromatic N) is 3. The molecule has 1 amide bonds. The number of hydrogen-bond donors (Lipinski definition) is 0. The van der Waals surface area contributed by atoms with Crippen LogP contribution in [0.2, 0.25) is 0 Å². The van der Waals surface area contributed by atoms with Crippen LogP contribution in [0.3, 0.4) is 0 Å². The quantitative estimate of drug-likeness (QED) is 0.403. The molecule has 1 aliphatic heterocycles. The lowest BCUT2D eigenvalue weighted by Gasteiger charge is -2.35. The normalized spacial score (nSPS) is 14.2. The maximum atomic E-state index is 12.9. The number of methoxy groups -OCH3 is 4. The molecule has 0 unspecified atom stereocenters. The van der Waals surface area contributed by atoms with Gasteiger partial charge in [-0.05, 0) is 24.3 Å². The molecule has 0 atom stereocenters. The predicted octanol–water partition coefficient (Wildman–Crippen LogP) is 3.04. The average molecular weight is 498 g/mol. The molecule has 4 rings (SSSR count). The van der Waals surface area contributed by atoms with Gasteiger partial charge >= 0.3 is 0 Å². The molecular formula is C27H35N3O6. The van der Waals surface area contributed by atoms with Gasteiger partial charge in [-0.3, -0.25) is 9.69 Å². The third-order valence-electron chi connectivity index (χ3n) is 6.57. The number of benzene rings is 2. The van der Waals surface area contributed by atoms with Crippen LogP contribution in [0.25, 0.3) is 10.9 Å². The van der Waals surface area contributed by atoms with Crippen molar-refractivity contribution in [2.75, 3.05) is 67.8 Å². The van der Waals surface area contributed by atoms with E-state index in [0.717, 1.165) is 41.9 Å². The van der Waals surface area contributed by atoms with Crippen molar-refractivity contribution < 1.29 is 28.5 Å². The van der Waals surface area contributed by atoms with E-state index in [1.165, 1.54) is 0 Å². The summed E-state index contributed by atoms with van der Waals surface area (Å²) in [6.45, 7) is 4.95. The molecule has 1 fully saturated rings. The van der Waals surface area contributed by atoms with Crippen LogP contribution in [0.15, 0.2) is 42.6 Å². The molecule has 0 bridgehead atoms. The highest BCUT2D eigenvalue weighted by molar-refractivity contribution is 5.87. The van der Waals surface area contributed by atoms with Crippen molar-refractivity contribution in [1.82, 2.24) is 14.4 Å². The fourth-order valence-corrected chi connectivity index (χ4v) is 4.62. The maximum Gasteiger partial charge on any atom is 0.260 e. The van der Waals surface area contributed by atoms with E-state index in [4.69, 9.17) is 23.7 Å². The van der Waals surface area contributed by atoms with Gasteiger partial charge in [0.15, 0.2) is 18.1 Å². The number of fused-ring (bicyclic) bond motifs is 1. The van der Waals surface area contributed by atoms with Gasteiger partial charge in [0.05, 0.1) is 33.5 Å². The molecule has 0 N–H and O–H groups in total. The van der Waals surface area contributed by atoms with Gasteiger partial charge in [0.1, 0.15) is 5.75 Å². The van der Waals surface area contributed by atoms with Crippen LogP contribution in [0.4, 0.5) is 0 Å². The Morgan fingerprint density at radius 3 is 2.33 bits per heavy atom. The highest BCUT2D eigenvalue weighted by Gasteiger charge is 2.24. The summed E-state index contributed by atoms with van der Waals surface area (Å²) in [6, 6.07) is 11.8. The lowest BCUT2D eigenvalue weighted by molar-refractivity contribution is -0.135. The van der Waals surface area contributed by atoms with Crippen molar-refractivity contribution in [2.45, 2.75) is 13.1 Å². The van der Waals surface area contributed by atoms with Crippen LogP contribution in [0.1, 0.15) is 5.56 Å². The molecule has 9 heteroatoms. The number of ether oxygens (including phenoxy) is 5. The third kappa shape index (κ3) is 5.52. The van der Waals surface area contributed by atoms with Gasteiger partial charge in [-0.2, -0.15) is 0 Å². The summed E-state index contributed by atoms with van der Waals surface area (Å²) < 4.78 is 29.8. The Hall–Kier alpha value is -3.43. The van der Waals surface area contributed by atoms with Crippen molar-refractivity contribution in [3.05, 3.63) is 48.2 Å². The summed E-state index contributed by atoms with van der Waals surface area (Å²) in [7, 11) is 6.54. The highest BCUT2D eigenvalue weighted by Crippen LogP contribution is 2.40. The maximum absolute atomic E-state index is 12.9. The van der Waals surface area contributed by atoms with E-state index in [2.05, 4.69) is 9.47 Å². The summed E-state index contributed by atoms with van der Waals surface area (Å²) in [5.74, 6) is 2.61. The molecule has 36 heavy (non-hydrogen) atoms. The molecule has 1 aliphatic rings. The zero-order valence-corrected chi connectivity index (χ0v) is 21.5. The standard InChI is InChI=1S/C27H35N3O6/c1-32-17-16-29-11-10-21-22(29)6-5-7-23(21)36-19-25(31)30-14-12-28(13-15-30)18-20-8-9-24(33-2)27(35-4)26(20)34-3/h5-11H,12-19H2,1-4H3. The Labute approximate surface area is 212 Å². The van der Waals surface area contributed by atoms with E-state index in [-0.39, 0.29) is 12.5 Å². The fraction of sp³-hybridized carbons (Fsp3) is 0.444. The Morgan fingerprint density at radius 1 is 0.861 bits per heavy atom. The molecule has 1 aromatic heterocycles. The molecule has 0 aliphatic carbocycles. The third-order valence-corrected chi connectivity index (χ3v) is 6.57. The minimum atomic E-state index is -0.00540. The van der Waals surface area contributed by atoms with E-state index in [1.54, 1.807) is 28.4 Å². The number of aromatic nitrogens is 1. The van der Waals surface area contributed by atoms with Gasteiger partial charge in [0.2, 0.25) is 5.75 Å². The minimum Gasteiger partial charge on any atom is -0.493 e. The average Bonchev–Trinajstić information content (AvgIpc) is 3.34. The summed E-state index contributed by atoms with van der Waals surface area (Å²) in [6.07, 6.45) is 2.02. The second-order valence-corrected chi connectivity index (χ2v) is 8.63. The zero-order chi connectivity index (χ0) is 25.5. The highest BCUT2D eigenvalue weighted by atomic mass is 16.5. The summed E-state index contributed by atoms with van der Waals surface area (Å²) in [4.78, 5) is 17.1. The Kier molecular flexibility index (Phi) is 8.56. The first kappa shape index (κ1) is 25.7. The van der Waals surface area contributed by atoms with Crippen molar-refractivity contribution in [3.8, 4) is 23.0 Å². The zero-order valence-electron chi connectivity index (χ0n) is 21.5. The first-order chi connectivity index (χ1) is 17.6.